The first-order chi connectivity index (χ1) is 11.7. The van der Waals surface area contributed by atoms with Crippen LogP contribution in [0.2, 0.25) is 0 Å². The Morgan fingerprint density at radius 1 is 1.08 bits per heavy atom. The van der Waals surface area contributed by atoms with Crippen molar-refractivity contribution in [3.05, 3.63) is 77.9 Å². The molecule has 1 amide bonds. The van der Waals surface area contributed by atoms with E-state index in [4.69, 9.17) is 0 Å². The van der Waals surface area contributed by atoms with Gasteiger partial charge < -0.3 is 10.3 Å². The summed E-state index contributed by atoms with van der Waals surface area (Å²) >= 11 is 0. The van der Waals surface area contributed by atoms with E-state index in [1.165, 1.54) is 12.1 Å². The zero-order valence-corrected chi connectivity index (χ0v) is 13.1. The van der Waals surface area contributed by atoms with Crippen LogP contribution in [0.3, 0.4) is 0 Å². The number of H-pyrrole nitrogens is 1. The topological polar surface area (TPSA) is 57.8 Å². The molecule has 0 aliphatic heterocycles. The Hall–Kier alpha value is -2.95. The number of carbonyl (C=O) groups is 1. The number of hydrogen-bond acceptors (Lipinski definition) is 2. The van der Waals surface area contributed by atoms with Gasteiger partial charge in [0.1, 0.15) is 11.6 Å². The van der Waals surface area contributed by atoms with Gasteiger partial charge in [-0.2, -0.15) is 0 Å². The minimum absolute atomic E-state index is 0.0793. The van der Waals surface area contributed by atoms with Gasteiger partial charge in [-0.1, -0.05) is 42.5 Å². The molecule has 24 heavy (non-hydrogen) atoms. The molecule has 1 aromatic heterocycles. The van der Waals surface area contributed by atoms with Crippen molar-refractivity contribution in [1.82, 2.24) is 15.3 Å². The van der Waals surface area contributed by atoms with E-state index in [0.29, 0.717) is 13.0 Å². The highest BCUT2D eigenvalue weighted by atomic mass is 19.1. The van der Waals surface area contributed by atoms with Crippen molar-refractivity contribution in [3.8, 4) is 11.4 Å². The van der Waals surface area contributed by atoms with E-state index >= 15 is 0 Å². The number of imidazole rings is 1. The second-order valence-electron chi connectivity index (χ2n) is 5.53. The molecule has 0 aliphatic carbocycles. The fraction of sp³-hybridized carbons (Fsp3) is 0.158. The Balaban J connectivity index is 1.47. The van der Waals surface area contributed by atoms with Crippen molar-refractivity contribution in [3.63, 3.8) is 0 Å². The minimum Gasteiger partial charge on any atom is -0.355 e. The van der Waals surface area contributed by atoms with Crippen molar-refractivity contribution in [1.29, 1.82) is 0 Å². The van der Waals surface area contributed by atoms with Crippen LogP contribution in [-0.4, -0.2) is 22.4 Å². The predicted octanol–water partition coefficient (Wildman–Crippen LogP) is 3.12. The molecule has 122 valence electrons. The van der Waals surface area contributed by atoms with E-state index in [1.807, 2.05) is 30.3 Å². The van der Waals surface area contributed by atoms with Crippen molar-refractivity contribution in [2.24, 2.45) is 0 Å². The summed E-state index contributed by atoms with van der Waals surface area (Å²) in [5.41, 5.74) is 2.79. The highest BCUT2D eigenvalue weighted by molar-refractivity contribution is 5.78. The molecule has 1 heterocycles. The lowest BCUT2D eigenvalue weighted by atomic mass is 10.1. The predicted molar refractivity (Wildman–Crippen MR) is 90.8 cm³/mol. The highest BCUT2D eigenvalue weighted by Gasteiger charge is 2.05. The van der Waals surface area contributed by atoms with Gasteiger partial charge in [-0.15, -0.1) is 0 Å². The molecule has 0 radical (unpaired) electrons. The van der Waals surface area contributed by atoms with Gasteiger partial charge in [-0.3, -0.25) is 4.79 Å². The fourth-order valence-electron chi connectivity index (χ4n) is 2.42. The molecule has 0 fully saturated rings. The normalized spacial score (nSPS) is 10.5. The number of nitrogens with one attached hydrogen (secondary N) is 2. The van der Waals surface area contributed by atoms with Crippen molar-refractivity contribution >= 4 is 5.91 Å². The Labute approximate surface area is 139 Å². The standard InChI is InChI=1S/C19H18FN3O/c20-16-8-6-14(7-9-16)12-18(24)21-11-10-17-13-22-19(23-17)15-4-2-1-3-5-15/h1-9,13H,10-12H2,(H,21,24)(H,22,23). The van der Waals surface area contributed by atoms with Crippen LogP contribution in [0.15, 0.2) is 60.8 Å². The fourth-order valence-corrected chi connectivity index (χ4v) is 2.42. The van der Waals surface area contributed by atoms with E-state index in [2.05, 4.69) is 15.3 Å². The lowest BCUT2D eigenvalue weighted by Crippen LogP contribution is -2.27. The molecule has 0 bridgehead atoms. The van der Waals surface area contributed by atoms with E-state index in [1.54, 1.807) is 18.3 Å². The number of rotatable bonds is 6. The molecule has 3 aromatic rings. The minimum atomic E-state index is -0.298. The third-order valence-electron chi connectivity index (χ3n) is 3.67. The van der Waals surface area contributed by atoms with Gasteiger partial charge in [-0.25, -0.2) is 9.37 Å². The number of benzene rings is 2. The van der Waals surface area contributed by atoms with Crippen LogP contribution in [0.25, 0.3) is 11.4 Å². The molecule has 0 saturated heterocycles. The number of amides is 1. The second-order valence-corrected chi connectivity index (χ2v) is 5.53. The van der Waals surface area contributed by atoms with Crippen LogP contribution in [0.4, 0.5) is 4.39 Å². The first-order valence-electron chi connectivity index (χ1n) is 7.81. The maximum Gasteiger partial charge on any atom is 0.224 e. The van der Waals surface area contributed by atoms with Crippen LogP contribution < -0.4 is 5.32 Å². The summed E-state index contributed by atoms with van der Waals surface area (Å²) in [6, 6.07) is 15.8. The number of aromatic nitrogens is 2. The highest BCUT2D eigenvalue weighted by Crippen LogP contribution is 2.14. The van der Waals surface area contributed by atoms with Crippen LogP contribution in [0.5, 0.6) is 0 Å². The van der Waals surface area contributed by atoms with Crippen molar-refractivity contribution in [2.45, 2.75) is 12.8 Å². The largest absolute Gasteiger partial charge is 0.355 e. The number of halogens is 1. The number of carbonyl (C=O) groups excluding carboxylic acids is 1. The molecule has 4 nitrogen and oxygen atoms in total. The van der Waals surface area contributed by atoms with Crippen molar-refractivity contribution < 1.29 is 9.18 Å². The summed E-state index contributed by atoms with van der Waals surface area (Å²) in [4.78, 5) is 19.5. The summed E-state index contributed by atoms with van der Waals surface area (Å²) in [6.45, 7) is 0.524. The summed E-state index contributed by atoms with van der Waals surface area (Å²) in [7, 11) is 0. The number of nitrogens with zero attached hydrogens (tertiary/aromatic N) is 1. The van der Waals surface area contributed by atoms with Gasteiger partial charge in [0.25, 0.3) is 0 Å². The number of hydrogen-bond donors (Lipinski definition) is 2. The van der Waals surface area contributed by atoms with Crippen LogP contribution in [0, 0.1) is 5.82 Å². The Bertz CT molecular complexity index is 797. The lowest BCUT2D eigenvalue weighted by Gasteiger charge is -2.04. The zero-order valence-electron chi connectivity index (χ0n) is 13.1. The van der Waals surface area contributed by atoms with Gasteiger partial charge in [-0.05, 0) is 17.7 Å². The van der Waals surface area contributed by atoms with E-state index in [9.17, 15) is 9.18 Å². The molecule has 0 aliphatic rings. The quantitative estimate of drug-likeness (QED) is 0.732. The summed E-state index contributed by atoms with van der Waals surface area (Å²) in [6.07, 6.45) is 2.71. The first-order valence-corrected chi connectivity index (χ1v) is 7.81. The molecule has 0 spiro atoms. The zero-order chi connectivity index (χ0) is 16.8. The average molecular weight is 323 g/mol. The molecule has 0 saturated carbocycles. The molecular formula is C19H18FN3O. The van der Waals surface area contributed by atoms with Gasteiger partial charge in [0.05, 0.1) is 6.42 Å². The summed E-state index contributed by atoms with van der Waals surface area (Å²) in [5, 5.41) is 2.86. The molecule has 3 rings (SSSR count). The molecule has 0 unspecified atom stereocenters. The Morgan fingerprint density at radius 2 is 1.83 bits per heavy atom. The maximum absolute atomic E-state index is 12.8. The SMILES string of the molecule is O=C(Cc1ccc(F)cc1)NCCc1cnc(-c2ccccc2)[nH]1. The smallest absolute Gasteiger partial charge is 0.224 e. The summed E-state index contributed by atoms with van der Waals surface area (Å²) < 4.78 is 12.8. The molecule has 2 N–H and O–H groups in total. The second kappa shape index (κ2) is 7.55. The first kappa shape index (κ1) is 15.9. The van der Waals surface area contributed by atoms with Gasteiger partial charge >= 0.3 is 0 Å². The van der Waals surface area contributed by atoms with Gasteiger partial charge in [0.2, 0.25) is 5.91 Å². The van der Waals surface area contributed by atoms with Gasteiger partial charge in [0, 0.05) is 30.4 Å². The van der Waals surface area contributed by atoms with E-state index < -0.39 is 0 Å². The van der Waals surface area contributed by atoms with E-state index in [-0.39, 0.29) is 18.1 Å². The van der Waals surface area contributed by atoms with Crippen LogP contribution in [-0.2, 0) is 17.6 Å². The molecule has 5 heteroatoms. The third-order valence-corrected chi connectivity index (χ3v) is 3.67. The van der Waals surface area contributed by atoms with Crippen LogP contribution in [0.1, 0.15) is 11.3 Å². The van der Waals surface area contributed by atoms with Gasteiger partial charge in [0.15, 0.2) is 0 Å². The Kier molecular flexibility index (Phi) is 5.01. The Morgan fingerprint density at radius 3 is 2.58 bits per heavy atom. The monoisotopic (exact) mass is 323 g/mol. The lowest BCUT2D eigenvalue weighted by molar-refractivity contribution is -0.120. The van der Waals surface area contributed by atoms with E-state index in [0.717, 1.165) is 22.6 Å². The third kappa shape index (κ3) is 4.29. The molecule has 2 aromatic carbocycles. The number of aromatic amines is 1. The summed E-state index contributed by atoms with van der Waals surface area (Å²) in [5.74, 6) is 0.445. The van der Waals surface area contributed by atoms with Crippen molar-refractivity contribution in [2.75, 3.05) is 6.54 Å². The molecule has 0 atom stereocenters. The van der Waals surface area contributed by atoms with Crippen LogP contribution >= 0.6 is 0 Å². The average Bonchev–Trinajstić information content (AvgIpc) is 3.07. The maximum atomic E-state index is 12.8. The molecular weight excluding hydrogens is 305 g/mol.